The Morgan fingerprint density at radius 2 is 1.49 bits per heavy atom. The number of nitrogens with two attached hydrogens (primary N) is 2. The molecule has 234 valence electrons. The zero-order valence-corrected chi connectivity index (χ0v) is 25.4. The Morgan fingerprint density at radius 3 is 2.13 bits per heavy atom. The number of benzene rings is 3. The van der Waals surface area contributed by atoms with Gasteiger partial charge in [0, 0.05) is 19.4 Å². The van der Waals surface area contributed by atoms with Gasteiger partial charge in [-0.05, 0) is 72.4 Å². The van der Waals surface area contributed by atoms with Crippen LogP contribution in [0.4, 0.5) is 5.69 Å². The minimum absolute atomic E-state index is 0.109. The third kappa shape index (κ3) is 9.29. The highest BCUT2D eigenvalue weighted by molar-refractivity contribution is 7.78. The summed E-state index contributed by atoms with van der Waals surface area (Å²) in [4.78, 5) is 58.3. The van der Waals surface area contributed by atoms with Crippen LogP contribution in [0.15, 0.2) is 83.9 Å². The predicted molar refractivity (Wildman–Crippen MR) is 173 cm³/mol. The van der Waals surface area contributed by atoms with Gasteiger partial charge in [0.25, 0.3) is 0 Å². The number of hydrogen-bond acceptors (Lipinski definition) is 8. The number of thiocarbonyl (C=S) groups is 1. The molecule has 0 spiro atoms. The molecule has 1 saturated heterocycles. The van der Waals surface area contributed by atoms with Crippen LogP contribution in [0.25, 0.3) is 0 Å². The number of carbonyl (C=O) groups excluding carboxylic acids is 4. The Hall–Kier alpha value is -4.90. The highest BCUT2D eigenvalue weighted by Gasteiger charge is 2.38. The molecule has 1 fully saturated rings. The van der Waals surface area contributed by atoms with Gasteiger partial charge >= 0.3 is 0 Å². The van der Waals surface area contributed by atoms with E-state index in [-0.39, 0.29) is 30.9 Å². The molecule has 1 heterocycles. The van der Waals surface area contributed by atoms with Crippen LogP contribution >= 0.6 is 12.2 Å². The van der Waals surface area contributed by atoms with Crippen molar-refractivity contribution < 1.29 is 24.3 Å². The van der Waals surface area contributed by atoms with Crippen molar-refractivity contribution in [1.82, 2.24) is 15.5 Å². The van der Waals surface area contributed by atoms with Gasteiger partial charge in [-0.15, -0.1) is 0 Å². The monoisotopic (exact) mass is 628 g/mol. The minimum atomic E-state index is -1.05. The molecule has 7 N–H and O–H groups in total. The number of aromatic hydroxyl groups is 1. The number of phenolic OH excluding ortho intramolecular Hbond substituents is 1. The Balaban J connectivity index is 1.47. The first-order chi connectivity index (χ1) is 21.6. The molecule has 11 nitrogen and oxygen atoms in total. The molecule has 3 aromatic carbocycles. The largest absolute Gasteiger partial charge is 0.508 e. The second-order valence-corrected chi connectivity index (χ2v) is 11.1. The molecule has 1 aliphatic rings. The summed E-state index contributed by atoms with van der Waals surface area (Å²) in [7, 11) is 0. The van der Waals surface area contributed by atoms with Crippen LogP contribution in [0.1, 0.15) is 29.5 Å². The standard InChI is InChI=1S/C33H36N6O5S/c34-26(17-22-10-14-25(40)15-11-22)33(44)39-16-4-7-29(39)32(43)38-28(19-21-5-2-1-3-6-21)31(42)37-27(30(35)41)18-23-8-12-24(13-9-23)36-20-45/h1-3,5-6,8-15,26-29,40H,4,7,16-19,34H2,(H2,35,41)(H,37,42)(H,38,43)/t26-,27-,28-,29-/m0/s1. The summed E-state index contributed by atoms with van der Waals surface area (Å²) < 4.78 is 0. The summed E-state index contributed by atoms with van der Waals surface area (Å²) >= 11 is 4.63. The fourth-order valence-corrected chi connectivity index (χ4v) is 5.41. The molecular formula is C33H36N6O5S. The minimum Gasteiger partial charge on any atom is -0.508 e. The van der Waals surface area contributed by atoms with Crippen molar-refractivity contribution in [2.75, 3.05) is 6.54 Å². The first-order valence-corrected chi connectivity index (χ1v) is 15.0. The van der Waals surface area contributed by atoms with Crippen LogP contribution < -0.4 is 22.1 Å². The maximum atomic E-state index is 13.6. The zero-order chi connectivity index (χ0) is 32.3. The van der Waals surface area contributed by atoms with Crippen LogP contribution in [0.3, 0.4) is 0 Å². The van der Waals surface area contributed by atoms with Gasteiger partial charge in [-0.25, -0.2) is 0 Å². The van der Waals surface area contributed by atoms with Crippen molar-refractivity contribution in [3.8, 4) is 5.75 Å². The van der Waals surface area contributed by atoms with Gasteiger partial charge in [0.2, 0.25) is 23.6 Å². The van der Waals surface area contributed by atoms with Crippen LogP contribution in [0.2, 0.25) is 0 Å². The normalized spacial score (nSPS) is 16.1. The van der Waals surface area contributed by atoms with E-state index >= 15 is 0 Å². The average molecular weight is 629 g/mol. The van der Waals surface area contributed by atoms with Gasteiger partial charge in [-0.1, -0.05) is 54.6 Å². The van der Waals surface area contributed by atoms with E-state index in [9.17, 15) is 24.3 Å². The number of nitrogens with one attached hydrogen (secondary N) is 2. The quantitative estimate of drug-likeness (QED) is 0.142. The van der Waals surface area contributed by atoms with Crippen LogP contribution in [0.5, 0.6) is 5.75 Å². The summed E-state index contributed by atoms with van der Waals surface area (Å²) in [5.41, 5.74) is 14.8. The van der Waals surface area contributed by atoms with E-state index in [1.807, 2.05) is 30.3 Å². The number of aliphatic imine (C=N–C) groups is 1. The number of hydrogen-bond donors (Lipinski definition) is 5. The number of amides is 4. The van der Waals surface area contributed by atoms with Crippen LogP contribution in [-0.4, -0.2) is 69.5 Å². The molecule has 0 aliphatic carbocycles. The van der Waals surface area contributed by atoms with Gasteiger partial charge in [-0.2, -0.15) is 4.99 Å². The Morgan fingerprint density at radius 1 is 0.889 bits per heavy atom. The van der Waals surface area contributed by atoms with Gasteiger partial charge in [0.15, 0.2) is 0 Å². The fourth-order valence-electron chi connectivity index (χ4n) is 5.31. The maximum Gasteiger partial charge on any atom is 0.243 e. The molecule has 0 saturated carbocycles. The first kappa shape index (κ1) is 33.0. The lowest BCUT2D eigenvalue weighted by Gasteiger charge is -2.29. The Kier molecular flexibility index (Phi) is 11.5. The van der Waals surface area contributed by atoms with Crippen molar-refractivity contribution in [2.45, 2.75) is 56.3 Å². The number of likely N-dealkylation sites (tertiary alicyclic amines) is 1. The van der Waals surface area contributed by atoms with Crippen LogP contribution in [-0.2, 0) is 38.4 Å². The summed E-state index contributed by atoms with van der Waals surface area (Å²) in [6.07, 6.45) is 1.52. The van der Waals surface area contributed by atoms with E-state index < -0.39 is 41.9 Å². The number of rotatable bonds is 13. The maximum absolute atomic E-state index is 13.6. The molecule has 0 radical (unpaired) electrons. The Labute approximate surface area is 266 Å². The molecule has 3 aromatic rings. The lowest BCUT2D eigenvalue weighted by molar-refractivity contribution is -0.140. The van der Waals surface area contributed by atoms with E-state index in [0.717, 1.165) is 16.7 Å². The topological polar surface area (TPSA) is 180 Å². The summed E-state index contributed by atoms with van der Waals surface area (Å²) in [5, 5.41) is 17.3. The van der Waals surface area contributed by atoms with Gasteiger partial charge in [0.1, 0.15) is 23.9 Å². The Bertz CT molecular complexity index is 1540. The molecule has 4 amide bonds. The SMILES string of the molecule is NC(=O)[C@H](Cc1ccc(N=C=S)cc1)NC(=O)[C@H](Cc1ccccc1)NC(=O)[C@@H]1CCCN1C(=O)[C@@H](N)Cc1ccc(O)cc1. The van der Waals surface area contributed by atoms with Gasteiger partial charge in [0.05, 0.1) is 16.9 Å². The molecular weight excluding hydrogens is 592 g/mol. The number of primary amides is 1. The lowest BCUT2D eigenvalue weighted by atomic mass is 10.0. The lowest BCUT2D eigenvalue weighted by Crippen LogP contribution is -2.58. The van der Waals surface area contributed by atoms with Gasteiger partial charge in [-0.3, -0.25) is 19.2 Å². The second-order valence-electron chi connectivity index (χ2n) is 11.0. The molecule has 0 aromatic heterocycles. The molecule has 1 aliphatic heterocycles. The number of nitrogens with zero attached hydrogens (tertiary/aromatic N) is 2. The highest BCUT2D eigenvalue weighted by Crippen LogP contribution is 2.20. The third-order valence-corrected chi connectivity index (χ3v) is 7.77. The number of carbonyl (C=O) groups is 4. The van der Waals surface area contributed by atoms with E-state index in [2.05, 4.69) is 33.0 Å². The van der Waals surface area contributed by atoms with Crippen molar-refractivity contribution >= 4 is 46.7 Å². The fraction of sp³-hybridized carbons (Fsp3) is 0.303. The summed E-state index contributed by atoms with van der Waals surface area (Å²) in [5.74, 6) is -2.07. The third-order valence-electron chi connectivity index (χ3n) is 7.67. The molecule has 4 atom stereocenters. The highest BCUT2D eigenvalue weighted by atomic mass is 32.1. The van der Waals surface area contributed by atoms with E-state index in [0.29, 0.717) is 25.1 Å². The van der Waals surface area contributed by atoms with Gasteiger partial charge < -0.3 is 32.1 Å². The first-order valence-electron chi connectivity index (χ1n) is 14.6. The second kappa shape index (κ2) is 15.7. The molecule has 0 unspecified atom stereocenters. The summed E-state index contributed by atoms with van der Waals surface area (Å²) in [6.45, 7) is 0.355. The molecule has 0 bridgehead atoms. The van der Waals surface area contributed by atoms with Crippen molar-refractivity contribution in [1.29, 1.82) is 0 Å². The predicted octanol–water partition coefficient (Wildman–Crippen LogP) is 1.93. The zero-order valence-electron chi connectivity index (χ0n) is 24.6. The number of phenols is 1. The van der Waals surface area contributed by atoms with Crippen molar-refractivity contribution in [3.63, 3.8) is 0 Å². The molecule has 4 rings (SSSR count). The number of isothiocyanates is 1. The summed E-state index contributed by atoms with van der Waals surface area (Å²) in [6, 6.07) is 18.7. The molecule has 45 heavy (non-hydrogen) atoms. The van der Waals surface area contributed by atoms with E-state index in [4.69, 9.17) is 11.5 Å². The molecule has 12 heteroatoms. The van der Waals surface area contributed by atoms with Crippen molar-refractivity contribution in [2.24, 2.45) is 16.5 Å². The van der Waals surface area contributed by atoms with Crippen LogP contribution in [0, 0.1) is 0 Å². The smallest absolute Gasteiger partial charge is 0.243 e. The van der Waals surface area contributed by atoms with E-state index in [1.54, 1.807) is 36.4 Å². The van der Waals surface area contributed by atoms with E-state index in [1.165, 1.54) is 17.0 Å². The van der Waals surface area contributed by atoms with Crippen molar-refractivity contribution in [3.05, 3.63) is 95.6 Å². The average Bonchev–Trinajstić information content (AvgIpc) is 3.53.